The summed E-state index contributed by atoms with van der Waals surface area (Å²) in [5, 5.41) is 2.74. The molecule has 104 valence electrons. The molecule has 0 radical (unpaired) electrons. The minimum absolute atomic E-state index is 0.225. The van der Waals surface area contributed by atoms with Crippen molar-refractivity contribution >= 4 is 23.1 Å². The van der Waals surface area contributed by atoms with Crippen LogP contribution in [0.15, 0.2) is 28.7 Å². The van der Waals surface area contributed by atoms with E-state index in [1.807, 2.05) is 13.8 Å². The molecule has 0 atom stereocenters. The van der Waals surface area contributed by atoms with Gasteiger partial charge in [0.15, 0.2) is 0 Å². The Hall–Kier alpha value is -2.21. The zero-order valence-corrected chi connectivity index (χ0v) is 12.1. The lowest BCUT2D eigenvalue weighted by atomic mass is 10.1. The number of hydrogen-bond donors (Lipinski definition) is 2. The molecule has 0 unspecified atom stereocenters. The molecule has 5 nitrogen and oxygen atoms in total. The Morgan fingerprint density at radius 3 is 2.70 bits per heavy atom. The van der Waals surface area contributed by atoms with Gasteiger partial charge in [-0.3, -0.25) is 4.79 Å². The van der Waals surface area contributed by atoms with Crippen LogP contribution >= 0.6 is 12.2 Å². The van der Waals surface area contributed by atoms with Gasteiger partial charge >= 0.3 is 0 Å². The van der Waals surface area contributed by atoms with Crippen LogP contribution < -0.4 is 11.1 Å². The van der Waals surface area contributed by atoms with Crippen molar-refractivity contribution in [2.45, 2.75) is 20.4 Å². The highest BCUT2D eigenvalue weighted by molar-refractivity contribution is 7.80. The van der Waals surface area contributed by atoms with E-state index in [0.29, 0.717) is 17.0 Å². The van der Waals surface area contributed by atoms with E-state index in [-0.39, 0.29) is 17.4 Å². The molecule has 0 saturated carbocycles. The number of aromatic nitrogens is 1. The van der Waals surface area contributed by atoms with Gasteiger partial charge in [-0.05, 0) is 26.0 Å². The molecule has 0 fully saturated rings. The average molecular weight is 289 g/mol. The van der Waals surface area contributed by atoms with Crippen molar-refractivity contribution in [1.82, 2.24) is 10.3 Å². The number of oxazole rings is 1. The molecule has 6 heteroatoms. The van der Waals surface area contributed by atoms with Crippen LogP contribution in [0.2, 0.25) is 0 Å². The summed E-state index contributed by atoms with van der Waals surface area (Å²) in [4.78, 5) is 16.5. The van der Waals surface area contributed by atoms with Crippen molar-refractivity contribution in [2.75, 3.05) is 0 Å². The molecule has 1 heterocycles. The minimum atomic E-state index is -0.225. The smallest absolute Gasteiger partial charge is 0.251 e. The fourth-order valence-corrected chi connectivity index (χ4v) is 1.81. The molecule has 1 aromatic carbocycles. The van der Waals surface area contributed by atoms with Crippen LogP contribution in [0.5, 0.6) is 0 Å². The zero-order chi connectivity index (χ0) is 14.7. The van der Waals surface area contributed by atoms with Gasteiger partial charge in [-0.25, -0.2) is 4.98 Å². The van der Waals surface area contributed by atoms with E-state index < -0.39 is 0 Å². The fourth-order valence-electron chi connectivity index (χ4n) is 1.69. The Bertz CT molecular complexity index is 645. The van der Waals surface area contributed by atoms with Gasteiger partial charge in [0.25, 0.3) is 5.91 Å². The molecule has 0 saturated heterocycles. The third-order valence-electron chi connectivity index (χ3n) is 2.88. The summed E-state index contributed by atoms with van der Waals surface area (Å²) in [5.41, 5.74) is 7.52. The second-order valence-electron chi connectivity index (χ2n) is 4.38. The van der Waals surface area contributed by atoms with Gasteiger partial charge in [-0.15, -0.1) is 0 Å². The van der Waals surface area contributed by atoms with Crippen molar-refractivity contribution in [3.63, 3.8) is 0 Å². The second-order valence-corrected chi connectivity index (χ2v) is 4.82. The highest BCUT2D eigenvalue weighted by atomic mass is 32.1. The molecule has 1 aromatic heterocycles. The van der Waals surface area contributed by atoms with Crippen LogP contribution in [0, 0.1) is 13.8 Å². The molecular weight excluding hydrogens is 274 g/mol. The zero-order valence-electron chi connectivity index (χ0n) is 11.3. The molecule has 0 bridgehead atoms. The largest absolute Gasteiger partial charge is 0.444 e. The lowest BCUT2D eigenvalue weighted by molar-refractivity contribution is 0.0947. The highest BCUT2D eigenvalue weighted by Gasteiger charge is 2.10. The number of benzene rings is 1. The molecule has 1 amide bonds. The maximum Gasteiger partial charge on any atom is 0.251 e. The summed E-state index contributed by atoms with van der Waals surface area (Å²) in [6.07, 6.45) is 0. The number of thiocarbonyl (C=S) groups is 1. The van der Waals surface area contributed by atoms with E-state index in [1.165, 1.54) is 0 Å². The molecule has 2 rings (SSSR count). The normalized spacial score (nSPS) is 10.3. The van der Waals surface area contributed by atoms with Crippen molar-refractivity contribution in [3.05, 3.63) is 52.7 Å². The number of hydrogen-bond acceptors (Lipinski definition) is 4. The third kappa shape index (κ3) is 3.21. The highest BCUT2D eigenvalue weighted by Crippen LogP contribution is 2.09. The molecule has 20 heavy (non-hydrogen) atoms. The van der Waals surface area contributed by atoms with E-state index in [9.17, 15) is 4.79 Å². The Morgan fingerprint density at radius 2 is 2.10 bits per heavy atom. The molecule has 0 aliphatic rings. The molecule has 0 spiro atoms. The Balaban J connectivity index is 2.05. The summed E-state index contributed by atoms with van der Waals surface area (Å²) in [6, 6.07) is 6.86. The quantitative estimate of drug-likeness (QED) is 0.840. The van der Waals surface area contributed by atoms with E-state index in [0.717, 1.165) is 11.5 Å². The summed E-state index contributed by atoms with van der Waals surface area (Å²) in [7, 11) is 0. The number of carbonyl (C=O) groups excluding carboxylic acids is 1. The number of aryl methyl sites for hydroxylation is 2. The maximum absolute atomic E-state index is 12.0. The first kappa shape index (κ1) is 14.2. The Morgan fingerprint density at radius 1 is 1.40 bits per heavy atom. The van der Waals surface area contributed by atoms with Crippen LogP contribution in [-0.2, 0) is 6.54 Å². The maximum atomic E-state index is 12.0. The number of rotatable bonds is 4. The monoisotopic (exact) mass is 289 g/mol. The SMILES string of the molecule is Cc1nc(CNC(=O)c2cccc(C(N)=S)c2)oc1C. The van der Waals surface area contributed by atoms with Gasteiger partial charge in [0.2, 0.25) is 5.89 Å². The van der Waals surface area contributed by atoms with Crippen molar-refractivity contribution in [2.24, 2.45) is 5.73 Å². The van der Waals surface area contributed by atoms with Gasteiger partial charge in [0.1, 0.15) is 10.7 Å². The van der Waals surface area contributed by atoms with Crippen LogP contribution in [0.1, 0.15) is 33.3 Å². The first-order valence-electron chi connectivity index (χ1n) is 6.08. The molecular formula is C14H15N3O2S. The Kier molecular flexibility index (Phi) is 4.14. The van der Waals surface area contributed by atoms with E-state index >= 15 is 0 Å². The van der Waals surface area contributed by atoms with Crippen LogP contribution in [0.4, 0.5) is 0 Å². The number of carbonyl (C=O) groups is 1. The third-order valence-corrected chi connectivity index (χ3v) is 3.12. The van der Waals surface area contributed by atoms with E-state index in [2.05, 4.69) is 10.3 Å². The van der Waals surface area contributed by atoms with Crippen LogP contribution in [0.25, 0.3) is 0 Å². The predicted octanol–water partition coefficient (Wildman–Crippen LogP) is 1.86. The minimum Gasteiger partial charge on any atom is -0.444 e. The second kappa shape index (κ2) is 5.83. The van der Waals surface area contributed by atoms with Crippen molar-refractivity contribution < 1.29 is 9.21 Å². The number of amides is 1. The molecule has 2 aromatic rings. The van der Waals surface area contributed by atoms with Crippen LogP contribution in [-0.4, -0.2) is 15.9 Å². The Labute approximate surface area is 122 Å². The topological polar surface area (TPSA) is 81.2 Å². The molecule has 3 N–H and O–H groups in total. The summed E-state index contributed by atoms with van der Waals surface area (Å²) in [5.74, 6) is 1.01. The van der Waals surface area contributed by atoms with Crippen molar-refractivity contribution in [3.8, 4) is 0 Å². The van der Waals surface area contributed by atoms with Gasteiger partial charge < -0.3 is 15.5 Å². The number of nitrogens with two attached hydrogens (primary N) is 1. The average Bonchev–Trinajstić information content (AvgIpc) is 2.75. The van der Waals surface area contributed by atoms with E-state index in [4.69, 9.17) is 22.4 Å². The van der Waals surface area contributed by atoms with Crippen LogP contribution in [0.3, 0.4) is 0 Å². The van der Waals surface area contributed by atoms with Gasteiger partial charge in [0.05, 0.1) is 12.2 Å². The predicted molar refractivity (Wildman–Crippen MR) is 79.5 cm³/mol. The number of nitrogens with zero attached hydrogens (tertiary/aromatic N) is 1. The molecule has 0 aliphatic carbocycles. The number of nitrogens with one attached hydrogen (secondary N) is 1. The first-order valence-corrected chi connectivity index (χ1v) is 6.49. The lowest BCUT2D eigenvalue weighted by Gasteiger charge is -2.04. The molecule has 0 aliphatic heterocycles. The summed E-state index contributed by atoms with van der Waals surface area (Å²) >= 11 is 4.89. The van der Waals surface area contributed by atoms with Gasteiger partial charge in [-0.1, -0.05) is 24.4 Å². The van der Waals surface area contributed by atoms with Gasteiger partial charge in [0, 0.05) is 11.1 Å². The van der Waals surface area contributed by atoms with Gasteiger partial charge in [-0.2, -0.15) is 0 Å². The lowest BCUT2D eigenvalue weighted by Crippen LogP contribution is -2.23. The first-order chi connectivity index (χ1) is 9.47. The fraction of sp³-hybridized carbons (Fsp3) is 0.214. The van der Waals surface area contributed by atoms with Crippen molar-refractivity contribution in [1.29, 1.82) is 0 Å². The summed E-state index contributed by atoms with van der Waals surface area (Å²) < 4.78 is 5.40. The summed E-state index contributed by atoms with van der Waals surface area (Å²) in [6.45, 7) is 3.93. The standard InChI is InChI=1S/C14H15N3O2S/c1-8-9(2)19-12(17-8)7-16-14(18)11-5-3-4-10(6-11)13(15)20/h3-6H,7H2,1-2H3,(H2,15,20)(H,16,18). The van der Waals surface area contributed by atoms with E-state index in [1.54, 1.807) is 24.3 Å².